The summed E-state index contributed by atoms with van der Waals surface area (Å²) in [5.41, 5.74) is 4.32. The Labute approximate surface area is 180 Å². The Hall–Kier alpha value is -2.34. The number of ether oxygens (including phenoxy) is 1. The molecule has 0 spiro atoms. The Morgan fingerprint density at radius 1 is 1.17 bits per heavy atom. The zero-order chi connectivity index (χ0) is 21.7. The van der Waals surface area contributed by atoms with Crippen LogP contribution in [0.2, 0.25) is 0 Å². The van der Waals surface area contributed by atoms with Gasteiger partial charge in [0.2, 0.25) is 5.91 Å². The minimum Gasteiger partial charge on any atom is -0.497 e. The van der Waals surface area contributed by atoms with Gasteiger partial charge in [-0.1, -0.05) is 26.0 Å². The van der Waals surface area contributed by atoms with E-state index in [0.29, 0.717) is 18.9 Å². The molecule has 2 aromatic rings. The van der Waals surface area contributed by atoms with Crippen LogP contribution in [0.25, 0.3) is 0 Å². The fraction of sp³-hybridized carbons (Fsp3) is 0.583. The topological polar surface area (TPSA) is 59.4 Å². The van der Waals surface area contributed by atoms with E-state index in [1.165, 1.54) is 18.4 Å². The molecule has 2 heterocycles. The first kappa shape index (κ1) is 22.3. The van der Waals surface area contributed by atoms with Crippen LogP contribution in [-0.4, -0.2) is 47.3 Å². The van der Waals surface area contributed by atoms with Crippen LogP contribution in [0.4, 0.5) is 0 Å². The van der Waals surface area contributed by atoms with Crippen LogP contribution >= 0.6 is 0 Å². The first-order valence-corrected chi connectivity index (χ1v) is 11.1. The van der Waals surface area contributed by atoms with Crippen molar-refractivity contribution < 1.29 is 9.53 Å². The highest BCUT2D eigenvalue weighted by atomic mass is 16.5. The maximum Gasteiger partial charge on any atom is 0.224 e. The molecular formula is C24H36N4O2. The molecule has 0 radical (unpaired) electrons. The van der Waals surface area contributed by atoms with E-state index in [1.807, 2.05) is 23.7 Å². The summed E-state index contributed by atoms with van der Waals surface area (Å²) in [7, 11) is 1.68. The maximum absolute atomic E-state index is 12.8. The fourth-order valence-corrected chi connectivity index (χ4v) is 4.28. The molecule has 1 aliphatic heterocycles. The SMILES string of the molecule is COc1ccc(C(CNC(=O)Cc2c(C)nn(CC(C)C)c2C)N2CCCC2)cc1. The van der Waals surface area contributed by atoms with Gasteiger partial charge in [-0.25, -0.2) is 0 Å². The molecule has 6 nitrogen and oxygen atoms in total. The number of aromatic nitrogens is 2. The number of methoxy groups -OCH3 is 1. The number of likely N-dealkylation sites (tertiary alicyclic amines) is 1. The van der Waals surface area contributed by atoms with E-state index in [9.17, 15) is 4.79 Å². The van der Waals surface area contributed by atoms with Gasteiger partial charge in [-0.05, 0) is 63.4 Å². The second kappa shape index (κ2) is 10.1. The lowest BCUT2D eigenvalue weighted by atomic mass is 10.0. The molecule has 0 saturated carbocycles. The molecule has 1 amide bonds. The van der Waals surface area contributed by atoms with Gasteiger partial charge in [0.1, 0.15) is 5.75 Å². The van der Waals surface area contributed by atoms with Crippen molar-refractivity contribution in [2.75, 3.05) is 26.7 Å². The molecule has 1 aromatic heterocycles. The van der Waals surface area contributed by atoms with Crippen molar-refractivity contribution in [1.82, 2.24) is 20.0 Å². The molecule has 164 valence electrons. The summed E-state index contributed by atoms with van der Waals surface area (Å²) in [4.78, 5) is 15.3. The fourth-order valence-electron chi connectivity index (χ4n) is 4.28. The Morgan fingerprint density at radius 3 is 2.43 bits per heavy atom. The lowest BCUT2D eigenvalue weighted by Gasteiger charge is -2.28. The molecule has 1 unspecified atom stereocenters. The quantitative estimate of drug-likeness (QED) is 0.683. The molecule has 1 aliphatic rings. The number of nitrogens with zero attached hydrogens (tertiary/aromatic N) is 3. The van der Waals surface area contributed by atoms with Gasteiger partial charge >= 0.3 is 0 Å². The van der Waals surface area contributed by atoms with Crippen molar-refractivity contribution in [3.05, 3.63) is 46.8 Å². The zero-order valence-electron chi connectivity index (χ0n) is 19.1. The molecular weight excluding hydrogens is 376 g/mol. The van der Waals surface area contributed by atoms with Crippen molar-refractivity contribution in [3.63, 3.8) is 0 Å². The van der Waals surface area contributed by atoms with Gasteiger partial charge in [0.15, 0.2) is 0 Å². The third-order valence-electron chi connectivity index (χ3n) is 5.98. The molecule has 6 heteroatoms. The monoisotopic (exact) mass is 412 g/mol. The van der Waals surface area contributed by atoms with Crippen LogP contribution in [0, 0.1) is 19.8 Å². The number of nitrogens with one attached hydrogen (secondary N) is 1. The van der Waals surface area contributed by atoms with Crippen molar-refractivity contribution in [1.29, 1.82) is 0 Å². The Balaban J connectivity index is 1.66. The van der Waals surface area contributed by atoms with Crippen molar-refractivity contribution >= 4 is 5.91 Å². The van der Waals surface area contributed by atoms with E-state index in [0.717, 1.165) is 42.3 Å². The van der Waals surface area contributed by atoms with E-state index >= 15 is 0 Å². The first-order chi connectivity index (χ1) is 14.4. The highest BCUT2D eigenvalue weighted by Gasteiger charge is 2.24. The number of carbonyl (C=O) groups is 1. The van der Waals surface area contributed by atoms with Crippen LogP contribution < -0.4 is 10.1 Å². The van der Waals surface area contributed by atoms with Crippen LogP contribution in [0.3, 0.4) is 0 Å². The number of rotatable bonds is 9. The Bertz CT molecular complexity index is 836. The molecule has 0 aliphatic carbocycles. The first-order valence-electron chi connectivity index (χ1n) is 11.1. The number of benzene rings is 1. The molecule has 3 rings (SSSR count). The summed E-state index contributed by atoms with van der Waals surface area (Å²) in [5.74, 6) is 1.44. The van der Waals surface area contributed by atoms with Crippen LogP contribution in [-0.2, 0) is 17.8 Å². The molecule has 1 aromatic carbocycles. The third-order valence-corrected chi connectivity index (χ3v) is 5.98. The molecule has 1 N–H and O–H groups in total. The van der Waals surface area contributed by atoms with E-state index in [2.05, 4.69) is 48.2 Å². The summed E-state index contributed by atoms with van der Waals surface area (Å²) in [6.07, 6.45) is 2.81. The van der Waals surface area contributed by atoms with Crippen LogP contribution in [0.1, 0.15) is 55.2 Å². The highest BCUT2D eigenvalue weighted by molar-refractivity contribution is 5.79. The predicted octanol–water partition coefficient (Wildman–Crippen LogP) is 3.66. The number of hydrogen-bond donors (Lipinski definition) is 1. The van der Waals surface area contributed by atoms with Crippen molar-refractivity contribution in [2.45, 2.75) is 59.5 Å². The van der Waals surface area contributed by atoms with E-state index < -0.39 is 0 Å². The number of carbonyl (C=O) groups excluding carboxylic acids is 1. The predicted molar refractivity (Wildman–Crippen MR) is 120 cm³/mol. The minimum atomic E-state index is 0.0583. The van der Waals surface area contributed by atoms with Crippen molar-refractivity contribution in [2.24, 2.45) is 5.92 Å². The molecule has 1 saturated heterocycles. The van der Waals surface area contributed by atoms with Crippen LogP contribution in [0.15, 0.2) is 24.3 Å². The standard InChI is InChI=1S/C24H36N4O2/c1-17(2)16-28-19(4)22(18(3)26-28)14-24(29)25-15-23(27-12-6-7-13-27)20-8-10-21(30-5)11-9-20/h8-11,17,23H,6-7,12-16H2,1-5H3,(H,25,29). The maximum atomic E-state index is 12.8. The smallest absolute Gasteiger partial charge is 0.224 e. The molecule has 1 atom stereocenters. The van der Waals surface area contributed by atoms with Gasteiger partial charge in [0.05, 0.1) is 25.3 Å². The van der Waals surface area contributed by atoms with Gasteiger partial charge < -0.3 is 10.1 Å². The minimum absolute atomic E-state index is 0.0583. The van der Waals surface area contributed by atoms with Crippen molar-refractivity contribution in [3.8, 4) is 5.75 Å². The second-order valence-electron chi connectivity index (χ2n) is 8.74. The van der Waals surface area contributed by atoms with Crippen LogP contribution in [0.5, 0.6) is 5.75 Å². The number of aryl methyl sites for hydroxylation is 1. The summed E-state index contributed by atoms with van der Waals surface area (Å²) in [6.45, 7) is 12.1. The van der Waals surface area contributed by atoms with E-state index in [-0.39, 0.29) is 11.9 Å². The van der Waals surface area contributed by atoms with Gasteiger partial charge in [-0.2, -0.15) is 5.10 Å². The highest BCUT2D eigenvalue weighted by Crippen LogP contribution is 2.26. The lowest BCUT2D eigenvalue weighted by molar-refractivity contribution is -0.120. The summed E-state index contributed by atoms with van der Waals surface area (Å²) >= 11 is 0. The summed E-state index contributed by atoms with van der Waals surface area (Å²) in [5, 5.41) is 7.83. The third kappa shape index (κ3) is 5.42. The average Bonchev–Trinajstić information content (AvgIpc) is 3.33. The Kier molecular flexibility index (Phi) is 7.53. The second-order valence-corrected chi connectivity index (χ2v) is 8.74. The van der Waals surface area contributed by atoms with E-state index in [1.54, 1.807) is 7.11 Å². The number of hydrogen-bond acceptors (Lipinski definition) is 4. The zero-order valence-corrected chi connectivity index (χ0v) is 19.1. The van der Waals surface area contributed by atoms with Gasteiger partial charge in [0, 0.05) is 24.3 Å². The number of amides is 1. The lowest BCUT2D eigenvalue weighted by Crippen LogP contribution is -2.37. The Morgan fingerprint density at radius 2 is 1.83 bits per heavy atom. The average molecular weight is 413 g/mol. The molecule has 1 fully saturated rings. The normalized spacial score (nSPS) is 15.5. The summed E-state index contributed by atoms with van der Waals surface area (Å²) in [6, 6.07) is 8.40. The molecule has 30 heavy (non-hydrogen) atoms. The van der Waals surface area contributed by atoms with Gasteiger partial charge in [-0.3, -0.25) is 14.4 Å². The summed E-state index contributed by atoms with van der Waals surface area (Å²) < 4.78 is 7.33. The van der Waals surface area contributed by atoms with Gasteiger partial charge in [-0.15, -0.1) is 0 Å². The largest absolute Gasteiger partial charge is 0.497 e. The van der Waals surface area contributed by atoms with Gasteiger partial charge in [0.25, 0.3) is 0 Å². The van der Waals surface area contributed by atoms with E-state index in [4.69, 9.17) is 4.74 Å². The molecule has 0 bridgehead atoms.